The standard InChI is InChI=1S/C17H19N3O/c1-20(11-13-5-4-8-21-12-13)17-14(9-18)10-19-16-7-3-2-6-15(16)17/h2-3,6-7,10,13H,4-5,8,11-12H2,1H3. The summed E-state index contributed by atoms with van der Waals surface area (Å²) in [4.78, 5) is 6.55. The van der Waals surface area contributed by atoms with Gasteiger partial charge in [0.05, 0.1) is 23.4 Å². The molecule has 1 saturated heterocycles. The van der Waals surface area contributed by atoms with Crippen molar-refractivity contribution < 1.29 is 4.74 Å². The number of para-hydroxylation sites is 1. The Bertz CT molecular complexity index is 671. The summed E-state index contributed by atoms with van der Waals surface area (Å²) in [7, 11) is 2.05. The molecule has 2 heterocycles. The maximum absolute atomic E-state index is 9.39. The van der Waals surface area contributed by atoms with Crippen molar-refractivity contribution >= 4 is 16.6 Å². The highest BCUT2D eigenvalue weighted by Gasteiger charge is 2.19. The van der Waals surface area contributed by atoms with Gasteiger partial charge in [0.1, 0.15) is 6.07 Å². The molecule has 21 heavy (non-hydrogen) atoms. The second kappa shape index (κ2) is 6.11. The van der Waals surface area contributed by atoms with Crippen LogP contribution in [0.3, 0.4) is 0 Å². The average Bonchev–Trinajstić information content (AvgIpc) is 2.54. The molecule has 108 valence electrons. The Morgan fingerprint density at radius 1 is 1.43 bits per heavy atom. The maximum atomic E-state index is 9.39. The number of nitrogens with zero attached hydrogens (tertiary/aromatic N) is 3. The lowest BCUT2D eigenvalue weighted by Gasteiger charge is -2.29. The predicted octanol–water partition coefficient (Wildman–Crippen LogP) is 2.97. The molecule has 0 spiro atoms. The molecule has 1 fully saturated rings. The Morgan fingerprint density at radius 3 is 3.05 bits per heavy atom. The van der Waals surface area contributed by atoms with Crippen LogP contribution in [0.25, 0.3) is 10.9 Å². The second-order valence-corrected chi connectivity index (χ2v) is 5.61. The van der Waals surface area contributed by atoms with E-state index in [0.29, 0.717) is 11.5 Å². The molecule has 0 bridgehead atoms. The molecule has 4 heteroatoms. The minimum absolute atomic E-state index is 0.530. The van der Waals surface area contributed by atoms with E-state index in [2.05, 4.69) is 23.0 Å². The molecule has 2 aromatic rings. The number of benzene rings is 1. The van der Waals surface area contributed by atoms with Gasteiger partial charge in [0.25, 0.3) is 0 Å². The number of hydrogen-bond acceptors (Lipinski definition) is 4. The molecule has 1 aliphatic rings. The summed E-state index contributed by atoms with van der Waals surface area (Å²) in [5.74, 6) is 0.530. The second-order valence-electron chi connectivity index (χ2n) is 5.61. The quantitative estimate of drug-likeness (QED) is 0.868. The van der Waals surface area contributed by atoms with E-state index >= 15 is 0 Å². The zero-order chi connectivity index (χ0) is 14.7. The van der Waals surface area contributed by atoms with E-state index in [1.807, 2.05) is 24.3 Å². The van der Waals surface area contributed by atoms with Crippen LogP contribution >= 0.6 is 0 Å². The first kappa shape index (κ1) is 13.8. The summed E-state index contributed by atoms with van der Waals surface area (Å²) in [6.07, 6.45) is 3.99. The Hall–Kier alpha value is -2.12. The molecule has 1 atom stereocenters. The van der Waals surface area contributed by atoms with Gasteiger partial charge in [0.15, 0.2) is 0 Å². The van der Waals surface area contributed by atoms with Gasteiger partial charge in [-0.25, -0.2) is 0 Å². The lowest BCUT2D eigenvalue weighted by Crippen LogP contribution is -2.31. The Labute approximate surface area is 125 Å². The summed E-state index contributed by atoms with van der Waals surface area (Å²) in [6.45, 7) is 2.60. The minimum Gasteiger partial charge on any atom is -0.381 e. The first-order valence-electron chi connectivity index (χ1n) is 7.36. The minimum atomic E-state index is 0.530. The van der Waals surface area contributed by atoms with Crippen molar-refractivity contribution in [3.8, 4) is 6.07 Å². The van der Waals surface area contributed by atoms with Gasteiger partial charge in [-0.05, 0) is 24.8 Å². The van der Waals surface area contributed by atoms with Gasteiger partial charge in [-0.1, -0.05) is 18.2 Å². The molecule has 0 saturated carbocycles. The maximum Gasteiger partial charge on any atom is 0.103 e. The molecular formula is C17H19N3O. The molecule has 0 radical (unpaired) electrons. The van der Waals surface area contributed by atoms with E-state index in [4.69, 9.17) is 4.74 Å². The van der Waals surface area contributed by atoms with Crippen molar-refractivity contribution in [2.45, 2.75) is 12.8 Å². The van der Waals surface area contributed by atoms with Gasteiger partial charge < -0.3 is 9.64 Å². The van der Waals surface area contributed by atoms with Gasteiger partial charge in [-0.15, -0.1) is 0 Å². The highest BCUT2D eigenvalue weighted by atomic mass is 16.5. The van der Waals surface area contributed by atoms with Gasteiger partial charge in [0, 0.05) is 31.8 Å². The van der Waals surface area contributed by atoms with Crippen molar-refractivity contribution in [2.24, 2.45) is 5.92 Å². The lowest BCUT2D eigenvalue weighted by atomic mass is 10.0. The zero-order valence-corrected chi connectivity index (χ0v) is 12.2. The molecule has 1 aromatic heterocycles. The van der Waals surface area contributed by atoms with Crippen LogP contribution in [0.5, 0.6) is 0 Å². The van der Waals surface area contributed by atoms with Gasteiger partial charge in [0.2, 0.25) is 0 Å². The van der Waals surface area contributed by atoms with Gasteiger partial charge in [-0.2, -0.15) is 5.26 Å². The number of rotatable bonds is 3. The molecule has 1 unspecified atom stereocenters. The fourth-order valence-corrected chi connectivity index (χ4v) is 3.05. The zero-order valence-electron chi connectivity index (χ0n) is 12.2. The van der Waals surface area contributed by atoms with Crippen LogP contribution in [0, 0.1) is 17.2 Å². The number of aromatic nitrogens is 1. The van der Waals surface area contributed by atoms with E-state index in [1.165, 1.54) is 6.42 Å². The fraction of sp³-hybridized carbons (Fsp3) is 0.412. The number of pyridine rings is 1. The molecule has 0 N–H and O–H groups in total. The Morgan fingerprint density at radius 2 is 2.29 bits per heavy atom. The monoisotopic (exact) mass is 281 g/mol. The smallest absolute Gasteiger partial charge is 0.103 e. The lowest BCUT2D eigenvalue weighted by molar-refractivity contribution is 0.0576. The molecule has 3 rings (SSSR count). The summed E-state index contributed by atoms with van der Waals surface area (Å²) >= 11 is 0. The van der Waals surface area contributed by atoms with Crippen molar-refractivity contribution in [1.82, 2.24) is 4.98 Å². The van der Waals surface area contributed by atoms with E-state index in [-0.39, 0.29) is 0 Å². The Kier molecular flexibility index (Phi) is 4.03. The number of ether oxygens (including phenoxy) is 1. The van der Waals surface area contributed by atoms with Crippen LogP contribution in [0.2, 0.25) is 0 Å². The van der Waals surface area contributed by atoms with Crippen molar-refractivity contribution in [3.63, 3.8) is 0 Å². The van der Waals surface area contributed by atoms with Crippen molar-refractivity contribution in [1.29, 1.82) is 5.26 Å². The summed E-state index contributed by atoms with van der Waals surface area (Å²) in [5, 5.41) is 10.4. The van der Waals surface area contributed by atoms with E-state index in [0.717, 1.165) is 42.8 Å². The average molecular weight is 281 g/mol. The number of hydrogen-bond donors (Lipinski definition) is 0. The Balaban J connectivity index is 1.95. The SMILES string of the molecule is CN(CC1CCCOC1)c1c(C#N)cnc2ccccc12. The highest BCUT2D eigenvalue weighted by Crippen LogP contribution is 2.29. The van der Waals surface area contributed by atoms with Gasteiger partial charge >= 0.3 is 0 Å². The third-order valence-corrected chi connectivity index (χ3v) is 4.04. The van der Waals surface area contributed by atoms with E-state index in [9.17, 15) is 5.26 Å². The highest BCUT2D eigenvalue weighted by molar-refractivity contribution is 5.94. The topological polar surface area (TPSA) is 49.1 Å². The number of anilines is 1. The van der Waals surface area contributed by atoms with Gasteiger partial charge in [-0.3, -0.25) is 4.98 Å². The molecule has 4 nitrogen and oxygen atoms in total. The van der Waals surface area contributed by atoms with Crippen LogP contribution in [-0.2, 0) is 4.74 Å². The van der Waals surface area contributed by atoms with E-state index in [1.54, 1.807) is 6.20 Å². The predicted molar refractivity (Wildman–Crippen MR) is 83.3 cm³/mol. The third kappa shape index (κ3) is 2.84. The summed E-state index contributed by atoms with van der Waals surface area (Å²) in [5.41, 5.74) is 2.54. The number of nitriles is 1. The first-order chi connectivity index (χ1) is 10.3. The van der Waals surface area contributed by atoms with Crippen molar-refractivity contribution in [2.75, 3.05) is 31.7 Å². The largest absolute Gasteiger partial charge is 0.381 e. The first-order valence-corrected chi connectivity index (χ1v) is 7.36. The van der Waals surface area contributed by atoms with Crippen LogP contribution in [0.4, 0.5) is 5.69 Å². The molecule has 1 aromatic carbocycles. The van der Waals surface area contributed by atoms with Crippen LogP contribution < -0.4 is 4.90 Å². The van der Waals surface area contributed by atoms with Crippen molar-refractivity contribution in [3.05, 3.63) is 36.0 Å². The molecule has 0 amide bonds. The third-order valence-electron chi connectivity index (χ3n) is 4.04. The van der Waals surface area contributed by atoms with E-state index < -0.39 is 0 Å². The van der Waals surface area contributed by atoms with Crippen LogP contribution in [0.15, 0.2) is 30.5 Å². The molecule has 0 aliphatic carbocycles. The van der Waals surface area contributed by atoms with Crippen LogP contribution in [0.1, 0.15) is 18.4 Å². The summed E-state index contributed by atoms with van der Waals surface area (Å²) < 4.78 is 5.56. The number of fused-ring (bicyclic) bond motifs is 1. The fourth-order valence-electron chi connectivity index (χ4n) is 3.05. The molecular weight excluding hydrogens is 262 g/mol. The normalized spacial score (nSPS) is 18.4. The molecule has 1 aliphatic heterocycles. The van der Waals surface area contributed by atoms with Crippen LogP contribution in [-0.4, -0.2) is 31.8 Å². The summed E-state index contributed by atoms with van der Waals surface area (Å²) in [6, 6.07) is 10.3.